The molecule has 0 spiro atoms. The number of nitrogens with one attached hydrogen (secondary N) is 1. The molecule has 106 valence electrons. The van der Waals surface area contributed by atoms with Gasteiger partial charge in [-0.05, 0) is 32.9 Å². The van der Waals surface area contributed by atoms with Gasteiger partial charge in [0.2, 0.25) is 0 Å². The fourth-order valence-corrected chi connectivity index (χ4v) is 1.92. The minimum Gasteiger partial charge on any atom is -0.365 e. The molecule has 2 aromatic rings. The first kappa shape index (κ1) is 14.2. The predicted octanol–water partition coefficient (Wildman–Crippen LogP) is 2.05. The van der Waals surface area contributed by atoms with Gasteiger partial charge in [-0.1, -0.05) is 6.07 Å². The lowest BCUT2D eigenvalue weighted by molar-refractivity contribution is 0.383. The second kappa shape index (κ2) is 5.86. The van der Waals surface area contributed by atoms with E-state index in [1.165, 1.54) is 0 Å². The molecule has 0 unspecified atom stereocenters. The highest BCUT2D eigenvalue weighted by Crippen LogP contribution is 2.10. The van der Waals surface area contributed by atoms with Crippen molar-refractivity contribution in [1.29, 1.82) is 0 Å². The topological polar surface area (TPSA) is 59.8 Å². The van der Waals surface area contributed by atoms with Gasteiger partial charge in [-0.3, -0.25) is 9.78 Å². The summed E-state index contributed by atoms with van der Waals surface area (Å²) in [5.41, 5.74) is 0.644. The fourth-order valence-electron chi connectivity index (χ4n) is 1.92. The van der Waals surface area contributed by atoms with Crippen LogP contribution >= 0.6 is 0 Å². The Kier molecular flexibility index (Phi) is 4.17. The van der Waals surface area contributed by atoms with Crippen LogP contribution in [0.5, 0.6) is 0 Å². The molecule has 0 saturated heterocycles. The fraction of sp³-hybridized carbons (Fsp3) is 0.400. The average molecular weight is 272 g/mol. The number of hydrogen-bond acceptors (Lipinski definition) is 4. The van der Waals surface area contributed by atoms with Gasteiger partial charge in [0.1, 0.15) is 0 Å². The molecule has 5 heteroatoms. The lowest BCUT2D eigenvalue weighted by Crippen LogP contribution is -2.35. The van der Waals surface area contributed by atoms with Crippen LogP contribution in [0.1, 0.15) is 26.5 Å². The summed E-state index contributed by atoms with van der Waals surface area (Å²) < 4.78 is 1.68. The predicted molar refractivity (Wildman–Crippen MR) is 79.9 cm³/mol. The lowest BCUT2D eigenvalue weighted by atomic mass is 10.1. The maximum atomic E-state index is 12.3. The van der Waals surface area contributed by atoms with Crippen molar-refractivity contribution >= 4 is 5.82 Å². The molecule has 0 aliphatic heterocycles. The summed E-state index contributed by atoms with van der Waals surface area (Å²) in [5, 5.41) is 3.09. The number of rotatable bonds is 4. The maximum Gasteiger partial charge on any atom is 0.293 e. The van der Waals surface area contributed by atoms with E-state index in [1.807, 2.05) is 39.0 Å². The molecule has 2 aromatic heterocycles. The summed E-state index contributed by atoms with van der Waals surface area (Å²) in [5.74, 6) is 0.387. The molecule has 0 aliphatic rings. The quantitative estimate of drug-likeness (QED) is 0.925. The lowest BCUT2D eigenvalue weighted by Gasteiger charge is -2.22. The van der Waals surface area contributed by atoms with E-state index in [4.69, 9.17) is 0 Å². The minimum absolute atomic E-state index is 0.0963. The zero-order valence-corrected chi connectivity index (χ0v) is 12.1. The first-order chi connectivity index (χ1) is 9.48. The van der Waals surface area contributed by atoms with Gasteiger partial charge in [0.15, 0.2) is 5.82 Å². The van der Waals surface area contributed by atoms with Crippen LogP contribution < -0.4 is 10.9 Å². The van der Waals surface area contributed by atoms with Gasteiger partial charge in [-0.25, -0.2) is 4.98 Å². The van der Waals surface area contributed by atoms with E-state index in [9.17, 15) is 4.79 Å². The van der Waals surface area contributed by atoms with Crippen molar-refractivity contribution in [1.82, 2.24) is 14.5 Å². The van der Waals surface area contributed by atoms with E-state index in [0.29, 0.717) is 12.4 Å². The highest BCUT2D eigenvalue weighted by Gasteiger charge is 2.16. The molecule has 0 aliphatic carbocycles. The first-order valence-electron chi connectivity index (χ1n) is 6.70. The molecular weight excluding hydrogens is 252 g/mol. The zero-order valence-electron chi connectivity index (χ0n) is 12.1. The largest absolute Gasteiger partial charge is 0.365 e. The van der Waals surface area contributed by atoms with Gasteiger partial charge in [0.25, 0.3) is 5.56 Å². The molecule has 20 heavy (non-hydrogen) atoms. The Hall–Kier alpha value is -2.17. The van der Waals surface area contributed by atoms with E-state index in [0.717, 1.165) is 12.1 Å². The molecule has 0 aromatic carbocycles. The van der Waals surface area contributed by atoms with Crippen molar-refractivity contribution in [3.63, 3.8) is 0 Å². The minimum atomic E-state index is -0.253. The molecular formula is C15H20N4O. The number of anilines is 1. The van der Waals surface area contributed by atoms with Gasteiger partial charge < -0.3 is 9.88 Å². The van der Waals surface area contributed by atoms with Gasteiger partial charge in [-0.2, -0.15) is 0 Å². The van der Waals surface area contributed by atoms with Crippen molar-refractivity contribution in [2.75, 3.05) is 11.9 Å². The van der Waals surface area contributed by atoms with Crippen molar-refractivity contribution in [2.45, 2.75) is 32.7 Å². The van der Waals surface area contributed by atoms with Crippen molar-refractivity contribution in [3.8, 4) is 0 Å². The normalized spacial score (nSPS) is 11.3. The molecule has 2 rings (SSSR count). The van der Waals surface area contributed by atoms with E-state index < -0.39 is 0 Å². The number of aromatic nitrogens is 3. The average Bonchev–Trinajstić information content (AvgIpc) is 2.40. The Morgan fingerprint density at radius 2 is 2.00 bits per heavy atom. The Morgan fingerprint density at radius 1 is 1.20 bits per heavy atom. The first-order valence-corrected chi connectivity index (χ1v) is 6.70. The zero-order chi connectivity index (χ0) is 14.6. The Morgan fingerprint density at radius 3 is 2.65 bits per heavy atom. The van der Waals surface area contributed by atoms with Crippen LogP contribution in [0.2, 0.25) is 0 Å². The third kappa shape index (κ3) is 3.44. The molecule has 0 amide bonds. The number of nitrogens with zero attached hydrogens (tertiary/aromatic N) is 3. The second-order valence-corrected chi connectivity index (χ2v) is 5.62. The van der Waals surface area contributed by atoms with Gasteiger partial charge in [-0.15, -0.1) is 0 Å². The molecule has 0 saturated carbocycles. The van der Waals surface area contributed by atoms with Crippen molar-refractivity contribution in [3.05, 3.63) is 52.8 Å². The van der Waals surface area contributed by atoms with E-state index >= 15 is 0 Å². The summed E-state index contributed by atoms with van der Waals surface area (Å²) in [4.78, 5) is 20.6. The molecule has 2 heterocycles. The van der Waals surface area contributed by atoms with Gasteiger partial charge >= 0.3 is 0 Å². The van der Waals surface area contributed by atoms with Gasteiger partial charge in [0, 0.05) is 42.8 Å². The van der Waals surface area contributed by atoms with Crippen molar-refractivity contribution in [2.24, 2.45) is 0 Å². The van der Waals surface area contributed by atoms with E-state index in [1.54, 1.807) is 23.2 Å². The summed E-state index contributed by atoms with van der Waals surface area (Å²) in [6, 6.07) is 5.81. The molecule has 1 N–H and O–H groups in total. The second-order valence-electron chi connectivity index (χ2n) is 5.62. The van der Waals surface area contributed by atoms with Crippen molar-refractivity contribution < 1.29 is 0 Å². The molecule has 0 atom stereocenters. The highest BCUT2D eigenvalue weighted by atomic mass is 16.1. The standard InChI is InChI=1S/C15H20N4O/c1-15(2,3)19-11-10-18-13(14(19)20)17-9-7-12-6-4-5-8-16-12/h4-6,8,10-11H,7,9H2,1-3H3,(H,17,18). The number of pyridine rings is 1. The summed E-state index contributed by atoms with van der Waals surface area (Å²) in [6.45, 7) is 6.61. The van der Waals surface area contributed by atoms with E-state index in [-0.39, 0.29) is 11.1 Å². The van der Waals surface area contributed by atoms with Crippen LogP contribution in [-0.4, -0.2) is 21.1 Å². The number of hydrogen-bond donors (Lipinski definition) is 1. The Bertz CT molecular complexity index is 614. The third-order valence-electron chi connectivity index (χ3n) is 2.96. The van der Waals surface area contributed by atoms with Crippen LogP contribution in [0, 0.1) is 0 Å². The highest BCUT2D eigenvalue weighted by molar-refractivity contribution is 5.31. The SMILES string of the molecule is CC(C)(C)n1ccnc(NCCc2ccccn2)c1=O. The molecule has 5 nitrogen and oxygen atoms in total. The Labute approximate surface area is 118 Å². The molecule has 0 bridgehead atoms. The Balaban J connectivity index is 2.06. The van der Waals surface area contributed by atoms with Crippen LogP contribution in [0.3, 0.4) is 0 Å². The van der Waals surface area contributed by atoms with Gasteiger partial charge in [0.05, 0.1) is 0 Å². The third-order valence-corrected chi connectivity index (χ3v) is 2.96. The molecule has 0 radical (unpaired) electrons. The van der Waals surface area contributed by atoms with Crippen LogP contribution in [0.4, 0.5) is 5.82 Å². The smallest absolute Gasteiger partial charge is 0.293 e. The summed E-state index contributed by atoms with van der Waals surface area (Å²) in [7, 11) is 0. The van der Waals surface area contributed by atoms with E-state index in [2.05, 4.69) is 15.3 Å². The summed E-state index contributed by atoms with van der Waals surface area (Å²) in [6.07, 6.45) is 5.89. The monoisotopic (exact) mass is 272 g/mol. The van der Waals surface area contributed by atoms with Crippen LogP contribution in [-0.2, 0) is 12.0 Å². The molecule has 0 fully saturated rings. The maximum absolute atomic E-state index is 12.3. The summed E-state index contributed by atoms with van der Waals surface area (Å²) >= 11 is 0. The van der Waals surface area contributed by atoms with Crippen LogP contribution in [0.15, 0.2) is 41.6 Å². The van der Waals surface area contributed by atoms with Crippen LogP contribution in [0.25, 0.3) is 0 Å².